The molecule has 0 aromatic rings. The summed E-state index contributed by atoms with van der Waals surface area (Å²) in [6.45, 7) is 1.58. The standard InChI is InChI=1S/3C12H24O2.7C3H8O3/c3*1-2-3-4-5-6-7-8-9-10-11-12(13)14;7*4-1-3(6)2-5/h3*2-11H2,1H3,(H,13,14);7*3-6H,1-2H2. The van der Waals surface area contributed by atoms with Crippen LogP contribution in [0.2, 0.25) is 0 Å². The monoisotopic (exact) mass is 1240 g/mol. The third kappa shape index (κ3) is 143. The Morgan fingerprint density at radius 3 is 0.369 bits per heavy atom. The van der Waals surface area contributed by atoms with Gasteiger partial charge in [-0.25, -0.2) is 0 Å². The predicted molar refractivity (Wildman–Crippen MR) is 320 cm³/mol. The molecule has 0 heterocycles. The molecule has 0 rings (SSSR count). The zero-order chi connectivity index (χ0) is 66.9. The summed E-state index contributed by atoms with van der Waals surface area (Å²) in [7, 11) is 0. The summed E-state index contributed by atoms with van der Waals surface area (Å²) >= 11 is 0. The van der Waals surface area contributed by atoms with E-state index in [9.17, 15) is 14.4 Å². The number of carboxylic acids is 3. The second-order valence-electron chi connectivity index (χ2n) is 19.0. The van der Waals surface area contributed by atoms with E-state index in [1.165, 1.54) is 135 Å². The van der Waals surface area contributed by atoms with Gasteiger partial charge in [0.05, 0.1) is 92.5 Å². The number of hydrogen-bond acceptors (Lipinski definition) is 24. The zero-order valence-corrected chi connectivity index (χ0v) is 51.6. The minimum Gasteiger partial charge on any atom is -0.481 e. The third-order valence-corrected chi connectivity index (χ3v) is 10.4. The first-order chi connectivity index (χ1) is 40.0. The molecule has 0 aliphatic rings. The van der Waals surface area contributed by atoms with Crippen molar-refractivity contribution in [2.75, 3.05) is 92.5 Å². The maximum absolute atomic E-state index is 10.2. The molecular formula is C57H128O27. The fraction of sp³-hybridized carbons (Fsp3) is 0.947. The van der Waals surface area contributed by atoms with Gasteiger partial charge in [-0.3, -0.25) is 14.4 Å². The molecule has 0 aliphatic carbocycles. The molecule has 0 spiro atoms. The highest BCUT2D eigenvalue weighted by Gasteiger charge is 2.01. The van der Waals surface area contributed by atoms with Gasteiger partial charge in [0, 0.05) is 19.3 Å². The first-order valence-corrected chi connectivity index (χ1v) is 29.9. The van der Waals surface area contributed by atoms with Crippen LogP contribution in [0.3, 0.4) is 0 Å². The van der Waals surface area contributed by atoms with Crippen molar-refractivity contribution in [3.05, 3.63) is 0 Å². The average Bonchev–Trinajstić information content (AvgIpc) is 3.51. The molecule has 27 nitrogen and oxygen atoms in total. The van der Waals surface area contributed by atoms with Crippen LogP contribution in [0.25, 0.3) is 0 Å². The van der Waals surface area contributed by atoms with Crippen molar-refractivity contribution in [3.8, 4) is 0 Å². The van der Waals surface area contributed by atoms with Gasteiger partial charge in [-0.1, -0.05) is 175 Å². The summed E-state index contributed by atoms with van der Waals surface area (Å²) in [6.07, 6.45) is 27.8. The van der Waals surface area contributed by atoms with Crippen molar-refractivity contribution < 1.29 is 137 Å². The molecule has 0 aliphatic heterocycles. The van der Waals surface area contributed by atoms with Crippen molar-refractivity contribution in [1.29, 1.82) is 0 Å². The van der Waals surface area contributed by atoms with E-state index < -0.39 is 60.6 Å². The van der Waals surface area contributed by atoms with E-state index in [0.717, 1.165) is 38.5 Å². The van der Waals surface area contributed by atoms with E-state index in [2.05, 4.69) is 20.8 Å². The minimum absolute atomic E-state index is 0.343. The van der Waals surface area contributed by atoms with Crippen molar-refractivity contribution in [2.24, 2.45) is 0 Å². The van der Waals surface area contributed by atoms with Crippen molar-refractivity contribution in [3.63, 3.8) is 0 Å². The summed E-state index contributed by atoms with van der Waals surface area (Å²) in [5, 5.41) is 193. The maximum atomic E-state index is 10.2. The van der Waals surface area contributed by atoms with Crippen LogP contribution in [0, 0.1) is 0 Å². The van der Waals surface area contributed by atoms with Crippen LogP contribution in [-0.2, 0) is 14.4 Å². The molecule has 0 fully saturated rings. The Labute approximate surface area is 502 Å². The Bertz CT molecular complexity index is 920. The van der Waals surface area contributed by atoms with E-state index >= 15 is 0 Å². The molecule has 518 valence electrons. The van der Waals surface area contributed by atoms with E-state index in [-0.39, 0.29) is 92.5 Å². The lowest BCUT2D eigenvalue weighted by Crippen LogP contribution is -2.15. The molecule has 0 bridgehead atoms. The quantitative estimate of drug-likeness (QED) is 0.0365. The Hall–Kier alpha value is -2.43. The SMILES string of the molecule is CCCCCCCCCCCC(=O)O.CCCCCCCCCCCC(=O)O.CCCCCCCCCCCC(=O)O.OCC(O)CO.OCC(O)CO.OCC(O)CO.OCC(O)CO.OCC(O)CO.OCC(O)CO.OCC(O)CO. The van der Waals surface area contributed by atoms with Crippen LogP contribution in [0.1, 0.15) is 213 Å². The van der Waals surface area contributed by atoms with Crippen LogP contribution >= 0.6 is 0 Å². The smallest absolute Gasteiger partial charge is 0.303 e. The van der Waals surface area contributed by atoms with E-state index in [1.807, 2.05) is 0 Å². The van der Waals surface area contributed by atoms with Crippen molar-refractivity contribution in [2.45, 2.75) is 256 Å². The lowest BCUT2D eigenvalue weighted by atomic mass is 10.1. The van der Waals surface area contributed by atoms with Crippen molar-refractivity contribution >= 4 is 17.9 Å². The molecule has 27 heteroatoms. The number of unbranched alkanes of at least 4 members (excludes halogenated alkanes) is 24. The van der Waals surface area contributed by atoms with Gasteiger partial charge in [-0.05, 0) is 19.3 Å². The minimum atomic E-state index is -0.954. The number of aliphatic hydroxyl groups excluding tert-OH is 21. The molecule has 0 atom stereocenters. The Balaban J connectivity index is -0.0000000930. The van der Waals surface area contributed by atoms with Gasteiger partial charge in [-0.2, -0.15) is 0 Å². The first kappa shape index (κ1) is 103. The molecular weight excluding hydrogens is 1120 g/mol. The summed E-state index contributed by atoms with van der Waals surface area (Å²) < 4.78 is 0. The second kappa shape index (κ2) is 99.6. The lowest BCUT2D eigenvalue weighted by Gasteiger charge is -2.00. The largest absolute Gasteiger partial charge is 0.481 e. The summed E-state index contributed by atoms with van der Waals surface area (Å²) in [6, 6.07) is 0. The highest BCUT2D eigenvalue weighted by Crippen LogP contribution is 2.12. The van der Waals surface area contributed by atoms with Gasteiger partial charge in [0.1, 0.15) is 42.7 Å². The molecule has 0 aromatic carbocycles. The fourth-order valence-corrected chi connectivity index (χ4v) is 5.16. The highest BCUT2D eigenvalue weighted by molar-refractivity contribution is 5.67. The maximum Gasteiger partial charge on any atom is 0.303 e. The summed E-state index contributed by atoms with van der Waals surface area (Å²) in [4.78, 5) is 30.6. The van der Waals surface area contributed by atoms with Crippen LogP contribution in [0.15, 0.2) is 0 Å². The topological polar surface area (TPSA) is 537 Å². The number of aliphatic carboxylic acids is 3. The molecule has 0 saturated heterocycles. The molecule has 0 unspecified atom stereocenters. The van der Waals surface area contributed by atoms with E-state index in [1.54, 1.807) is 0 Å². The Morgan fingerprint density at radius 1 is 0.202 bits per heavy atom. The fourth-order valence-electron chi connectivity index (χ4n) is 5.16. The third-order valence-electron chi connectivity index (χ3n) is 10.4. The highest BCUT2D eigenvalue weighted by atomic mass is 16.4. The summed E-state index contributed by atoms with van der Waals surface area (Å²) in [5.41, 5.74) is 0. The Kier molecular flexibility index (Phi) is 123. The number of aliphatic hydroxyl groups is 21. The normalized spacial score (nSPS) is 10.2. The van der Waals surface area contributed by atoms with E-state index in [4.69, 9.17) is 123 Å². The average molecular weight is 1250 g/mol. The predicted octanol–water partition coefficient (Wildman–Crippen LogP) is 0.299. The number of carbonyl (C=O) groups is 3. The molecule has 0 aromatic heterocycles. The molecule has 0 amide bonds. The van der Waals surface area contributed by atoms with Gasteiger partial charge in [0.15, 0.2) is 0 Å². The van der Waals surface area contributed by atoms with Crippen LogP contribution < -0.4 is 0 Å². The Morgan fingerprint density at radius 2 is 0.298 bits per heavy atom. The molecule has 0 radical (unpaired) electrons. The first-order valence-electron chi connectivity index (χ1n) is 29.9. The van der Waals surface area contributed by atoms with Crippen LogP contribution in [0.4, 0.5) is 0 Å². The van der Waals surface area contributed by atoms with Gasteiger partial charge in [0.25, 0.3) is 0 Å². The van der Waals surface area contributed by atoms with Crippen LogP contribution in [-0.4, -0.2) is 276 Å². The molecule has 0 saturated carbocycles. The van der Waals surface area contributed by atoms with Gasteiger partial charge < -0.3 is 123 Å². The molecule has 84 heavy (non-hydrogen) atoms. The second-order valence-corrected chi connectivity index (χ2v) is 19.0. The van der Waals surface area contributed by atoms with Gasteiger partial charge in [-0.15, -0.1) is 0 Å². The van der Waals surface area contributed by atoms with Gasteiger partial charge >= 0.3 is 17.9 Å². The number of rotatable bonds is 44. The van der Waals surface area contributed by atoms with Crippen molar-refractivity contribution in [1.82, 2.24) is 0 Å². The molecule has 24 N–H and O–H groups in total. The summed E-state index contributed by atoms with van der Waals surface area (Å²) in [5.74, 6) is -1.98. The number of hydrogen-bond donors (Lipinski definition) is 24. The van der Waals surface area contributed by atoms with Crippen LogP contribution in [0.5, 0.6) is 0 Å². The lowest BCUT2D eigenvalue weighted by molar-refractivity contribution is -0.138. The van der Waals surface area contributed by atoms with Gasteiger partial charge in [0.2, 0.25) is 0 Å². The zero-order valence-electron chi connectivity index (χ0n) is 51.6. The van der Waals surface area contributed by atoms with E-state index in [0.29, 0.717) is 19.3 Å². The number of carboxylic acid groups (broad SMARTS) is 3.